The van der Waals surface area contributed by atoms with Gasteiger partial charge in [0, 0.05) is 41.6 Å². The van der Waals surface area contributed by atoms with Crippen LogP contribution < -0.4 is 5.56 Å². The molecule has 8 heteroatoms. The van der Waals surface area contributed by atoms with Gasteiger partial charge in [0.1, 0.15) is 0 Å². The Labute approximate surface area is 191 Å². The molecule has 2 aromatic heterocycles. The number of hydrogen-bond acceptors (Lipinski definition) is 4. The second-order valence-corrected chi connectivity index (χ2v) is 10.1. The van der Waals surface area contributed by atoms with Crippen molar-refractivity contribution in [3.05, 3.63) is 105 Å². The molecule has 0 saturated heterocycles. The molecule has 0 aliphatic rings. The fraction of sp³-hybridized carbons (Fsp3) is 0.167. The fourth-order valence-electron chi connectivity index (χ4n) is 3.59. The fourth-order valence-corrected chi connectivity index (χ4v) is 5.48. The number of H-pyrrole nitrogens is 1. The van der Waals surface area contributed by atoms with Crippen LogP contribution in [-0.2, 0) is 23.1 Å². The molecule has 0 bridgehead atoms. The van der Waals surface area contributed by atoms with Gasteiger partial charge in [-0.1, -0.05) is 35.4 Å². The number of rotatable bonds is 6. The zero-order valence-electron chi connectivity index (χ0n) is 17.7. The van der Waals surface area contributed by atoms with Crippen molar-refractivity contribution in [1.29, 1.82) is 0 Å². The molecule has 2 heterocycles. The zero-order valence-corrected chi connectivity index (χ0v) is 19.2. The summed E-state index contributed by atoms with van der Waals surface area (Å²) in [6.07, 6.45) is 3.24. The van der Waals surface area contributed by atoms with Crippen molar-refractivity contribution in [2.45, 2.75) is 31.8 Å². The van der Waals surface area contributed by atoms with Gasteiger partial charge in [0.2, 0.25) is 10.0 Å². The number of hydrogen-bond donors (Lipinski definition) is 1. The Morgan fingerprint density at radius 2 is 1.84 bits per heavy atom. The lowest BCUT2D eigenvalue weighted by Gasteiger charge is -2.23. The Morgan fingerprint density at radius 1 is 1.03 bits per heavy atom. The topological polar surface area (TPSA) is 83.1 Å². The highest BCUT2D eigenvalue weighted by molar-refractivity contribution is 7.89. The molecule has 0 aliphatic carbocycles. The summed E-state index contributed by atoms with van der Waals surface area (Å²) in [7, 11) is -3.96. The minimum atomic E-state index is -3.96. The summed E-state index contributed by atoms with van der Waals surface area (Å²) in [5.74, 6) is 0. The van der Waals surface area contributed by atoms with E-state index in [1.54, 1.807) is 49.6 Å². The predicted octanol–water partition coefficient (Wildman–Crippen LogP) is 4.58. The van der Waals surface area contributed by atoms with Crippen LogP contribution >= 0.6 is 11.6 Å². The van der Waals surface area contributed by atoms with Crippen LogP contribution in [0.4, 0.5) is 0 Å². The Balaban J connectivity index is 1.81. The van der Waals surface area contributed by atoms with Crippen molar-refractivity contribution >= 4 is 32.5 Å². The van der Waals surface area contributed by atoms with E-state index in [-0.39, 0.29) is 23.5 Å². The highest BCUT2D eigenvalue weighted by Gasteiger charge is 2.28. The molecule has 0 radical (unpaired) electrons. The van der Waals surface area contributed by atoms with Gasteiger partial charge in [0.15, 0.2) is 0 Å². The molecule has 0 unspecified atom stereocenters. The van der Waals surface area contributed by atoms with Crippen molar-refractivity contribution in [2.24, 2.45) is 0 Å². The number of nitrogens with zero attached hydrogens (tertiary/aromatic N) is 2. The summed E-state index contributed by atoms with van der Waals surface area (Å²) in [5.41, 5.74) is 3.07. The van der Waals surface area contributed by atoms with Gasteiger partial charge in [-0.15, -0.1) is 0 Å². The monoisotopic (exact) mass is 467 g/mol. The van der Waals surface area contributed by atoms with Crippen LogP contribution in [0, 0.1) is 13.8 Å². The van der Waals surface area contributed by atoms with E-state index < -0.39 is 10.0 Å². The van der Waals surface area contributed by atoms with Gasteiger partial charge in [-0.3, -0.25) is 9.78 Å². The van der Waals surface area contributed by atoms with Crippen LogP contribution in [0.25, 0.3) is 10.9 Å². The molecule has 0 amide bonds. The van der Waals surface area contributed by atoms with Gasteiger partial charge in [-0.05, 0) is 66.8 Å². The van der Waals surface area contributed by atoms with Crippen molar-refractivity contribution in [2.75, 3.05) is 0 Å². The largest absolute Gasteiger partial charge is 0.322 e. The molecule has 4 rings (SSSR count). The quantitative estimate of drug-likeness (QED) is 0.449. The predicted molar refractivity (Wildman–Crippen MR) is 126 cm³/mol. The molecule has 6 nitrogen and oxygen atoms in total. The third-order valence-electron chi connectivity index (χ3n) is 5.27. The minimum Gasteiger partial charge on any atom is -0.322 e. The number of sulfonamides is 1. The molecule has 1 N–H and O–H groups in total. The van der Waals surface area contributed by atoms with Gasteiger partial charge >= 0.3 is 0 Å². The number of benzene rings is 2. The van der Waals surface area contributed by atoms with Gasteiger partial charge in [-0.2, -0.15) is 4.31 Å². The molecule has 32 heavy (non-hydrogen) atoms. The van der Waals surface area contributed by atoms with Crippen molar-refractivity contribution in [3.63, 3.8) is 0 Å². The highest BCUT2D eigenvalue weighted by Crippen LogP contribution is 2.26. The third kappa shape index (κ3) is 4.60. The van der Waals surface area contributed by atoms with Crippen molar-refractivity contribution in [1.82, 2.24) is 14.3 Å². The Morgan fingerprint density at radius 3 is 2.59 bits per heavy atom. The minimum absolute atomic E-state index is 0.0629. The van der Waals surface area contributed by atoms with Crippen LogP contribution in [0.15, 0.2) is 76.7 Å². The number of pyridine rings is 2. The standard InChI is InChI=1S/C24H22ClN3O3S/c1-16-5-8-22-19(10-16)11-20(24(29)27-22)15-28(14-18-4-3-9-26-13-18)32(30,31)23-12-21(25)7-6-17(23)2/h3-13H,14-15H2,1-2H3,(H,27,29). The van der Waals surface area contributed by atoms with Crippen LogP contribution in [0.2, 0.25) is 5.02 Å². The summed E-state index contributed by atoms with van der Waals surface area (Å²) in [4.78, 5) is 19.8. The molecular weight excluding hydrogens is 446 g/mol. The normalized spacial score (nSPS) is 11.9. The van der Waals surface area contributed by atoms with Crippen LogP contribution in [0.1, 0.15) is 22.3 Å². The maximum absolute atomic E-state index is 13.7. The molecule has 0 aliphatic heterocycles. The molecule has 164 valence electrons. The lowest BCUT2D eigenvalue weighted by atomic mass is 10.1. The lowest BCUT2D eigenvalue weighted by Crippen LogP contribution is -2.33. The van der Waals surface area contributed by atoms with Gasteiger partial charge < -0.3 is 4.98 Å². The van der Waals surface area contributed by atoms with Gasteiger partial charge in [0.05, 0.1) is 4.90 Å². The van der Waals surface area contributed by atoms with E-state index in [0.717, 1.165) is 10.9 Å². The maximum Gasteiger partial charge on any atom is 0.252 e. The summed E-state index contributed by atoms with van der Waals surface area (Å²) < 4.78 is 28.6. The van der Waals surface area contributed by atoms with Crippen LogP contribution in [0.5, 0.6) is 0 Å². The molecule has 4 aromatic rings. The highest BCUT2D eigenvalue weighted by atomic mass is 35.5. The van der Waals surface area contributed by atoms with E-state index >= 15 is 0 Å². The molecular formula is C24H22ClN3O3S. The molecule has 0 atom stereocenters. The molecule has 0 saturated carbocycles. The van der Waals surface area contributed by atoms with E-state index in [1.807, 2.05) is 25.1 Å². The first-order chi connectivity index (χ1) is 15.2. The van der Waals surface area contributed by atoms with E-state index in [9.17, 15) is 13.2 Å². The van der Waals surface area contributed by atoms with E-state index in [2.05, 4.69) is 9.97 Å². The van der Waals surface area contributed by atoms with Crippen LogP contribution in [-0.4, -0.2) is 22.7 Å². The summed E-state index contributed by atoms with van der Waals surface area (Å²) in [6, 6.07) is 15.8. The van der Waals surface area contributed by atoms with Gasteiger partial charge in [-0.25, -0.2) is 8.42 Å². The Kier molecular flexibility index (Phi) is 6.15. The number of halogens is 1. The first-order valence-corrected chi connectivity index (χ1v) is 11.8. The summed E-state index contributed by atoms with van der Waals surface area (Å²) in [5, 5.41) is 1.17. The first-order valence-electron chi connectivity index (χ1n) is 10.0. The van der Waals surface area contributed by atoms with Crippen molar-refractivity contribution in [3.8, 4) is 0 Å². The van der Waals surface area contributed by atoms with Crippen molar-refractivity contribution < 1.29 is 8.42 Å². The molecule has 0 spiro atoms. The Hall–Kier alpha value is -3.00. The number of aryl methyl sites for hydroxylation is 2. The smallest absolute Gasteiger partial charge is 0.252 e. The number of nitrogens with one attached hydrogen (secondary N) is 1. The average molecular weight is 468 g/mol. The SMILES string of the molecule is Cc1ccc2[nH]c(=O)c(CN(Cc3cccnc3)S(=O)(=O)c3cc(Cl)ccc3C)cc2c1. The number of fused-ring (bicyclic) bond motifs is 1. The Bertz CT molecular complexity index is 1450. The zero-order chi connectivity index (χ0) is 22.9. The van der Waals surface area contributed by atoms with Crippen LogP contribution in [0.3, 0.4) is 0 Å². The summed E-state index contributed by atoms with van der Waals surface area (Å²) in [6.45, 7) is 3.65. The molecule has 2 aromatic carbocycles. The van der Waals surface area contributed by atoms with E-state index in [0.29, 0.717) is 27.2 Å². The van der Waals surface area contributed by atoms with Gasteiger partial charge in [0.25, 0.3) is 5.56 Å². The molecule has 0 fully saturated rings. The van der Waals surface area contributed by atoms with E-state index in [4.69, 9.17) is 11.6 Å². The van der Waals surface area contributed by atoms with E-state index in [1.165, 1.54) is 10.4 Å². The average Bonchev–Trinajstić information content (AvgIpc) is 2.76. The maximum atomic E-state index is 13.7. The first kappa shape index (κ1) is 22.2. The second-order valence-electron chi connectivity index (χ2n) is 7.76. The third-order valence-corrected chi connectivity index (χ3v) is 7.44. The second kappa shape index (κ2) is 8.86. The lowest BCUT2D eigenvalue weighted by molar-refractivity contribution is 0.399. The summed E-state index contributed by atoms with van der Waals surface area (Å²) >= 11 is 6.11. The number of aromatic nitrogens is 2. The number of aromatic amines is 1.